The van der Waals surface area contributed by atoms with Crippen LogP contribution in [0.4, 0.5) is 13.2 Å². The second-order valence-electron chi connectivity index (χ2n) is 3.72. The number of ether oxygens (including phenoxy) is 1. The van der Waals surface area contributed by atoms with Crippen molar-refractivity contribution in [2.75, 3.05) is 0 Å². The van der Waals surface area contributed by atoms with Gasteiger partial charge in [-0.1, -0.05) is 22.0 Å². The van der Waals surface area contributed by atoms with Crippen LogP contribution in [-0.4, -0.2) is 11.1 Å². The molecule has 0 unspecified atom stereocenters. The molecule has 0 aliphatic heterocycles. The lowest BCUT2D eigenvalue weighted by Gasteiger charge is -2.10. The van der Waals surface area contributed by atoms with Crippen LogP contribution in [0.5, 0.6) is 11.5 Å². The smallest absolute Gasteiger partial charge is 0.342 e. The standard InChI is InChI=1S/C13H6BrF3O3/c14-6-4-8(16)12(17)10(5-6)20-9-3-1-2-7(15)11(9)13(18)19/h1-5H,(H,18,19). The van der Waals surface area contributed by atoms with Crippen LogP contribution >= 0.6 is 15.9 Å². The first-order valence-corrected chi connectivity index (χ1v) is 6.03. The van der Waals surface area contributed by atoms with Gasteiger partial charge in [0.1, 0.15) is 17.1 Å². The molecule has 0 aromatic heterocycles. The van der Waals surface area contributed by atoms with Gasteiger partial charge in [-0.25, -0.2) is 13.6 Å². The van der Waals surface area contributed by atoms with Gasteiger partial charge < -0.3 is 9.84 Å². The Bertz CT molecular complexity index is 689. The van der Waals surface area contributed by atoms with Crippen molar-refractivity contribution in [2.45, 2.75) is 0 Å². The van der Waals surface area contributed by atoms with Crippen LogP contribution < -0.4 is 4.74 Å². The molecular weight excluding hydrogens is 341 g/mol. The Balaban J connectivity index is 2.51. The Hall–Kier alpha value is -2.02. The quantitative estimate of drug-likeness (QED) is 0.840. The maximum absolute atomic E-state index is 13.5. The number of benzene rings is 2. The van der Waals surface area contributed by atoms with Crippen LogP contribution in [-0.2, 0) is 0 Å². The summed E-state index contributed by atoms with van der Waals surface area (Å²) in [5.74, 6) is -6.06. The zero-order valence-electron chi connectivity index (χ0n) is 9.66. The number of hydrogen-bond donors (Lipinski definition) is 1. The fourth-order valence-electron chi connectivity index (χ4n) is 1.52. The van der Waals surface area contributed by atoms with Gasteiger partial charge in [0.15, 0.2) is 11.6 Å². The molecule has 0 amide bonds. The summed E-state index contributed by atoms with van der Waals surface area (Å²) < 4.78 is 45.3. The first-order valence-electron chi connectivity index (χ1n) is 5.24. The van der Waals surface area contributed by atoms with Crippen molar-refractivity contribution < 1.29 is 27.8 Å². The van der Waals surface area contributed by atoms with Crippen molar-refractivity contribution in [1.82, 2.24) is 0 Å². The summed E-state index contributed by atoms with van der Waals surface area (Å²) in [7, 11) is 0. The number of aromatic carboxylic acids is 1. The molecule has 2 aromatic carbocycles. The molecule has 7 heteroatoms. The molecule has 2 aromatic rings. The number of rotatable bonds is 3. The molecule has 0 aliphatic carbocycles. The van der Waals surface area contributed by atoms with Crippen molar-refractivity contribution in [1.29, 1.82) is 0 Å². The van der Waals surface area contributed by atoms with Crippen LogP contribution in [0.1, 0.15) is 10.4 Å². The van der Waals surface area contributed by atoms with Gasteiger partial charge in [0, 0.05) is 4.47 Å². The summed E-state index contributed by atoms with van der Waals surface area (Å²) in [4.78, 5) is 11.0. The van der Waals surface area contributed by atoms with E-state index < -0.39 is 40.5 Å². The van der Waals surface area contributed by atoms with E-state index in [2.05, 4.69) is 15.9 Å². The third-order valence-electron chi connectivity index (χ3n) is 2.37. The lowest BCUT2D eigenvalue weighted by Crippen LogP contribution is -2.04. The van der Waals surface area contributed by atoms with Gasteiger partial charge in [-0.15, -0.1) is 0 Å². The zero-order chi connectivity index (χ0) is 14.9. The number of carboxylic acids is 1. The predicted octanol–water partition coefficient (Wildman–Crippen LogP) is 4.36. The minimum Gasteiger partial charge on any atom is -0.477 e. The Kier molecular flexibility index (Phi) is 3.99. The fraction of sp³-hybridized carbons (Fsp3) is 0. The molecule has 0 aliphatic rings. The van der Waals surface area contributed by atoms with Crippen LogP contribution in [0.25, 0.3) is 0 Å². The van der Waals surface area contributed by atoms with Gasteiger partial charge in [-0.05, 0) is 24.3 Å². The van der Waals surface area contributed by atoms with Gasteiger partial charge in [0.2, 0.25) is 5.82 Å². The molecular formula is C13H6BrF3O3. The molecule has 1 N–H and O–H groups in total. The van der Waals surface area contributed by atoms with E-state index >= 15 is 0 Å². The molecule has 0 heterocycles. The molecule has 0 saturated heterocycles. The summed E-state index contributed by atoms with van der Waals surface area (Å²) in [6.07, 6.45) is 0. The molecule has 2 rings (SSSR count). The van der Waals surface area contributed by atoms with E-state index in [0.717, 1.165) is 24.3 Å². The minimum absolute atomic E-state index is 0.194. The normalized spacial score (nSPS) is 10.4. The van der Waals surface area contributed by atoms with E-state index in [1.54, 1.807) is 0 Å². The van der Waals surface area contributed by atoms with E-state index in [4.69, 9.17) is 9.84 Å². The highest BCUT2D eigenvalue weighted by atomic mass is 79.9. The molecule has 0 spiro atoms. The van der Waals surface area contributed by atoms with Gasteiger partial charge in [0.05, 0.1) is 0 Å². The molecule has 0 atom stereocenters. The Morgan fingerprint density at radius 2 is 1.80 bits per heavy atom. The average Bonchev–Trinajstić information content (AvgIpc) is 2.35. The summed E-state index contributed by atoms with van der Waals surface area (Å²) >= 11 is 2.95. The fourth-order valence-corrected chi connectivity index (χ4v) is 1.93. The lowest BCUT2D eigenvalue weighted by atomic mass is 10.2. The van der Waals surface area contributed by atoms with Crippen molar-refractivity contribution in [3.8, 4) is 11.5 Å². The number of carboxylic acid groups (broad SMARTS) is 1. The molecule has 0 saturated carbocycles. The molecule has 0 bridgehead atoms. The monoisotopic (exact) mass is 346 g/mol. The van der Waals surface area contributed by atoms with Crippen molar-refractivity contribution in [2.24, 2.45) is 0 Å². The highest BCUT2D eigenvalue weighted by Gasteiger charge is 2.20. The van der Waals surface area contributed by atoms with E-state index in [-0.39, 0.29) is 4.47 Å². The second kappa shape index (κ2) is 5.54. The highest BCUT2D eigenvalue weighted by Crippen LogP contribution is 2.32. The van der Waals surface area contributed by atoms with Gasteiger partial charge in [0.25, 0.3) is 0 Å². The highest BCUT2D eigenvalue weighted by molar-refractivity contribution is 9.10. The SMILES string of the molecule is O=C(O)c1c(F)cccc1Oc1cc(Br)cc(F)c1F. The average molecular weight is 347 g/mol. The molecule has 20 heavy (non-hydrogen) atoms. The lowest BCUT2D eigenvalue weighted by molar-refractivity contribution is 0.0689. The van der Waals surface area contributed by atoms with Crippen LogP contribution in [0.2, 0.25) is 0 Å². The van der Waals surface area contributed by atoms with Crippen LogP contribution in [0, 0.1) is 17.5 Å². The first-order chi connectivity index (χ1) is 9.40. The largest absolute Gasteiger partial charge is 0.477 e. The van der Waals surface area contributed by atoms with Crippen molar-refractivity contribution >= 4 is 21.9 Å². The number of halogens is 4. The predicted molar refractivity (Wildman–Crippen MR) is 67.5 cm³/mol. The van der Waals surface area contributed by atoms with Crippen LogP contribution in [0.15, 0.2) is 34.8 Å². The van der Waals surface area contributed by atoms with E-state index in [9.17, 15) is 18.0 Å². The van der Waals surface area contributed by atoms with Gasteiger partial charge >= 0.3 is 5.97 Å². The number of hydrogen-bond acceptors (Lipinski definition) is 2. The molecule has 104 valence electrons. The van der Waals surface area contributed by atoms with Crippen molar-refractivity contribution in [3.05, 3.63) is 57.8 Å². The minimum atomic E-state index is -1.58. The Labute approximate surface area is 119 Å². The first kappa shape index (κ1) is 14.4. The van der Waals surface area contributed by atoms with Gasteiger partial charge in [-0.3, -0.25) is 0 Å². The van der Waals surface area contributed by atoms with E-state index in [0.29, 0.717) is 0 Å². The van der Waals surface area contributed by atoms with Gasteiger partial charge in [-0.2, -0.15) is 4.39 Å². The summed E-state index contributed by atoms with van der Waals surface area (Å²) in [5, 5.41) is 8.91. The molecule has 0 radical (unpaired) electrons. The summed E-state index contributed by atoms with van der Waals surface area (Å²) in [5.41, 5.74) is -0.757. The Morgan fingerprint density at radius 3 is 2.45 bits per heavy atom. The summed E-state index contributed by atoms with van der Waals surface area (Å²) in [6, 6.07) is 5.25. The van der Waals surface area contributed by atoms with Crippen LogP contribution in [0.3, 0.4) is 0 Å². The zero-order valence-corrected chi connectivity index (χ0v) is 11.2. The topological polar surface area (TPSA) is 46.5 Å². The maximum atomic E-state index is 13.5. The van der Waals surface area contributed by atoms with E-state index in [1.165, 1.54) is 6.07 Å². The van der Waals surface area contributed by atoms with Crippen molar-refractivity contribution in [3.63, 3.8) is 0 Å². The molecule has 3 nitrogen and oxygen atoms in total. The number of carbonyl (C=O) groups is 1. The maximum Gasteiger partial charge on any atom is 0.342 e. The molecule has 0 fully saturated rings. The van der Waals surface area contributed by atoms with E-state index in [1.807, 2.05) is 0 Å². The third-order valence-corrected chi connectivity index (χ3v) is 2.83. The Morgan fingerprint density at radius 1 is 1.10 bits per heavy atom. The second-order valence-corrected chi connectivity index (χ2v) is 4.64. The third kappa shape index (κ3) is 2.77. The summed E-state index contributed by atoms with van der Waals surface area (Å²) in [6.45, 7) is 0.